The normalized spacial score (nSPS) is 11.5. The fraction of sp³-hybridized carbons (Fsp3) is 0.333. The Morgan fingerprint density at radius 2 is 2.27 bits per heavy atom. The van der Waals surface area contributed by atoms with Gasteiger partial charge < -0.3 is 15.2 Å². The Morgan fingerprint density at radius 1 is 1.41 bits per heavy atom. The van der Waals surface area contributed by atoms with Crippen LogP contribution >= 0.6 is 11.8 Å². The van der Waals surface area contributed by atoms with Gasteiger partial charge in [-0.2, -0.15) is 11.8 Å². The lowest BCUT2D eigenvalue weighted by molar-refractivity contribution is 0.615. The molecule has 5 nitrogen and oxygen atoms in total. The van der Waals surface area contributed by atoms with Gasteiger partial charge in [-0.3, -0.25) is 4.99 Å². The predicted molar refractivity (Wildman–Crippen MR) is 90.1 cm³/mol. The van der Waals surface area contributed by atoms with Gasteiger partial charge in [0.15, 0.2) is 5.96 Å². The minimum Gasteiger partial charge on any atom is -0.356 e. The van der Waals surface area contributed by atoms with Crippen molar-refractivity contribution in [2.45, 2.75) is 6.54 Å². The molecule has 1 heterocycles. The SMILES string of the molecule is CN=C(NCCSC)NCc1ccc(-n2ccnc2)c(F)c1. The second-order valence-electron chi connectivity index (χ2n) is 4.60. The molecule has 0 unspecified atom stereocenters. The van der Waals surface area contributed by atoms with Gasteiger partial charge in [0.1, 0.15) is 5.82 Å². The molecule has 0 saturated carbocycles. The first-order valence-electron chi connectivity index (χ1n) is 6.95. The maximum atomic E-state index is 14.1. The number of halogens is 1. The Hall–Kier alpha value is -2.02. The van der Waals surface area contributed by atoms with Crippen molar-refractivity contribution in [2.75, 3.05) is 25.6 Å². The highest BCUT2D eigenvalue weighted by molar-refractivity contribution is 7.98. The maximum Gasteiger partial charge on any atom is 0.191 e. The van der Waals surface area contributed by atoms with Gasteiger partial charge in [-0.15, -0.1) is 0 Å². The molecule has 1 aromatic heterocycles. The summed E-state index contributed by atoms with van der Waals surface area (Å²) in [6.07, 6.45) is 6.98. The predicted octanol–water partition coefficient (Wildman–Crippen LogP) is 2.04. The largest absolute Gasteiger partial charge is 0.356 e. The van der Waals surface area contributed by atoms with Gasteiger partial charge in [0, 0.05) is 38.3 Å². The number of rotatable bonds is 6. The molecular formula is C15H20FN5S. The fourth-order valence-corrected chi connectivity index (χ4v) is 2.26. The minimum atomic E-state index is -0.275. The van der Waals surface area contributed by atoms with Crippen LogP contribution in [0.4, 0.5) is 4.39 Å². The van der Waals surface area contributed by atoms with E-state index >= 15 is 0 Å². The van der Waals surface area contributed by atoms with E-state index < -0.39 is 0 Å². The smallest absolute Gasteiger partial charge is 0.191 e. The number of benzene rings is 1. The molecule has 22 heavy (non-hydrogen) atoms. The third-order valence-corrected chi connectivity index (χ3v) is 3.69. The first kappa shape index (κ1) is 16.4. The molecule has 0 aliphatic carbocycles. The van der Waals surface area contributed by atoms with E-state index in [2.05, 4.69) is 26.9 Å². The average Bonchev–Trinajstić information content (AvgIpc) is 3.05. The molecule has 0 saturated heterocycles. The molecule has 1 aromatic carbocycles. The van der Waals surface area contributed by atoms with Crippen LogP contribution in [-0.2, 0) is 6.54 Å². The number of guanidine groups is 1. The molecule has 2 rings (SSSR count). The molecule has 0 spiro atoms. The van der Waals surface area contributed by atoms with Gasteiger partial charge >= 0.3 is 0 Å². The Balaban J connectivity index is 1.95. The molecule has 118 valence electrons. The van der Waals surface area contributed by atoms with Crippen LogP contribution in [0.3, 0.4) is 0 Å². The summed E-state index contributed by atoms with van der Waals surface area (Å²) in [5.74, 6) is 1.45. The number of thioether (sulfide) groups is 1. The summed E-state index contributed by atoms with van der Waals surface area (Å²) in [5.41, 5.74) is 1.35. The number of nitrogens with zero attached hydrogens (tertiary/aromatic N) is 3. The molecule has 2 N–H and O–H groups in total. The minimum absolute atomic E-state index is 0.275. The standard InChI is InChI=1S/C15H20FN5S/c1-17-15(19-6-8-22-2)20-10-12-3-4-14(13(16)9-12)21-7-5-18-11-21/h3-5,7,9,11H,6,8,10H2,1-2H3,(H2,17,19,20). The van der Waals surface area contributed by atoms with Crippen LogP contribution in [0.5, 0.6) is 0 Å². The lowest BCUT2D eigenvalue weighted by atomic mass is 10.2. The Bertz CT molecular complexity index is 612. The monoisotopic (exact) mass is 321 g/mol. The Morgan fingerprint density at radius 3 is 2.91 bits per heavy atom. The zero-order chi connectivity index (χ0) is 15.8. The van der Waals surface area contributed by atoms with Gasteiger partial charge in [-0.25, -0.2) is 9.37 Å². The number of hydrogen-bond acceptors (Lipinski definition) is 3. The van der Waals surface area contributed by atoms with Crippen LogP contribution in [0.25, 0.3) is 5.69 Å². The molecule has 0 bridgehead atoms. The summed E-state index contributed by atoms with van der Waals surface area (Å²) in [6.45, 7) is 1.36. The molecule has 7 heteroatoms. The van der Waals surface area contributed by atoms with E-state index in [9.17, 15) is 4.39 Å². The first-order chi connectivity index (χ1) is 10.7. The van der Waals surface area contributed by atoms with E-state index in [1.165, 1.54) is 6.07 Å². The summed E-state index contributed by atoms with van der Waals surface area (Å²) in [5, 5.41) is 6.37. The van der Waals surface area contributed by atoms with Crippen LogP contribution in [0.15, 0.2) is 41.9 Å². The van der Waals surface area contributed by atoms with E-state index in [4.69, 9.17) is 0 Å². The number of nitrogens with one attached hydrogen (secondary N) is 2. The lowest BCUT2D eigenvalue weighted by Gasteiger charge is -2.12. The Labute approximate surface area is 134 Å². The second-order valence-corrected chi connectivity index (χ2v) is 5.59. The summed E-state index contributed by atoms with van der Waals surface area (Å²) in [7, 11) is 1.72. The van der Waals surface area contributed by atoms with Crippen molar-refractivity contribution < 1.29 is 4.39 Å². The lowest BCUT2D eigenvalue weighted by Crippen LogP contribution is -2.37. The second kappa shape index (κ2) is 8.43. The van der Waals surface area contributed by atoms with E-state index in [1.54, 1.807) is 48.2 Å². The highest BCUT2D eigenvalue weighted by Gasteiger charge is 2.06. The number of imidazole rings is 1. The first-order valence-corrected chi connectivity index (χ1v) is 8.34. The summed E-state index contributed by atoms with van der Waals surface area (Å²) in [6, 6.07) is 5.16. The zero-order valence-corrected chi connectivity index (χ0v) is 13.5. The molecule has 0 atom stereocenters. The summed E-state index contributed by atoms with van der Waals surface area (Å²) in [4.78, 5) is 8.06. The van der Waals surface area contributed by atoms with Crippen LogP contribution in [-0.4, -0.2) is 41.1 Å². The van der Waals surface area contributed by atoms with Crippen LogP contribution in [0.1, 0.15) is 5.56 Å². The summed E-state index contributed by atoms with van der Waals surface area (Å²) < 4.78 is 15.8. The van der Waals surface area contributed by atoms with Crippen LogP contribution < -0.4 is 10.6 Å². The molecule has 2 aromatic rings. The number of hydrogen-bond donors (Lipinski definition) is 2. The van der Waals surface area contributed by atoms with Crippen LogP contribution in [0, 0.1) is 5.82 Å². The zero-order valence-electron chi connectivity index (χ0n) is 12.7. The van der Waals surface area contributed by atoms with Crippen LogP contribution in [0.2, 0.25) is 0 Å². The van der Waals surface area contributed by atoms with E-state index in [1.807, 2.05) is 6.07 Å². The van der Waals surface area contributed by atoms with E-state index in [0.717, 1.165) is 17.9 Å². The van der Waals surface area contributed by atoms with Crippen molar-refractivity contribution in [1.82, 2.24) is 20.2 Å². The van der Waals surface area contributed by atoms with Crippen molar-refractivity contribution in [1.29, 1.82) is 0 Å². The molecule has 0 aliphatic heterocycles. The van der Waals surface area contributed by atoms with E-state index in [-0.39, 0.29) is 5.82 Å². The van der Waals surface area contributed by atoms with Gasteiger partial charge in [-0.05, 0) is 24.0 Å². The van der Waals surface area contributed by atoms with E-state index in [0.29, 0.717) is 18.2 Å². The van der Waals surface area contributed by atoms with Gasteiger partial charge in [0.2, 0.25) is 0 Å². The third kappa shape index (κ3) is 4.49. The van der Waals surface area contributed by atoms with Crippen molar-refractivity contribution >= 4 is 17.7 Å². The quantitative estimate of drug-likeness (QED) is 0.486. The Kier molecular flexibility index (Phi) is 6.27. The average molecular weight is 321 g/mol. The molecule has 0 fully saturated rings. The number of aliphatic imine (C=N–C) groups is 1. The molecule has 0 aliphatic rings. The maximum absolute atomic E-state index is 14.1. The molecule has 0 radical (unpaired) electrons. The van der Waals surface area contributed by atoms with Crippen molar-refractivity contribution in [3.8, 4) is 5.69 Å². The highest BCUT2D eigenvalue weighted by atomic mass is 32.2. The van der Waals surface area contributed by atoms with Gasteiger partial charge in [-0.1, -0.05) is 6.07 Å². The van der Waals surface area contributed by atoms with Gasteiger partial charge in [0.25, 0.3) is 0 Å². The van der Waals surface area contributed by atoms with Crippen molar-refractivity contribution in [3.05, 3.63) is 48.3 Å². The van der Waals surface area contributed by atoms with Gasteiger partial charge in [0.05, 0.1) is 12.0 Å². The summed E-state index contributed by atoms with van der Waals surface area (Å²) >= 11 is 1.77. The topological polar surface area (TPSA) is 54.2 Å². The molecular weight excluding hydrogens is 301 g/mol. The highest BCUT2D eigenvalue weighted by Crippen LogP contribution is 2.14. The number of aromatic nitrogens is 2. The van der Waals surface area contributed by atoms with Crippen molar-refractivity contribution in [2.24, 2.45) is 4.99 Å². The molecule has 0 amide bonds. The third-order valence-electron chi connectivity index (χ3n) is 3.08. The fourth-order valence-electron chi connectivity index (χ4n) is 1.95. The van der Waals surface area contributed by atoms with Crippen molar-refractivity contribution in [3.63, 3.8) is 0 Å².